The summed E-state index contributed by atoms with van der Waals surface area (Å²) in [4.78, 5) is 13.3. The van der Waals surface area contributed by atoms with Gasteiger partial charge in [0, 0.05) is 13.1 Å². The first-order valence-electron chi connectivity index (χ1n) is 5.71. The van der Waals surface area contributed by atoms with Crippen molar-refractivity contribution in [3.05, 3.63) is 0 Å². The van der Waals surface area contributed by atoms with Crippen molar-refractivity contribution >= 4 is 5.91 Å². The zero-order valence-electron chi connectivity index (χ0n) is 9.61. The first kappa shape index (κ1) is 12.5. The highest BCUT2D eigenvalue weighted by Crippen LogP contribution is 2.10. The number of hydrogen-bond acceptors (Lipinski definition) is 3. The van der Waals surface area contributed by atoms with E-state index >= 15 is 0 Å². The van der Waals surface area contributed by atoms with Gasteiger partial charge in [0.25, 0.3) is 0 Å². The van der Waals surface area contributed by atoms with Gasteiger partial charge in [-0.1, -0.05) is 6.92 Å². The van der Waals surface area contributed by atoms with Crippen LogP contribution in [0.2, 0.25) is 0 Å². The number of β-amino-alcohol motifs (C(OH)–C–C–N with tert-alkyl or cyclic N) is 1. The lowest BCUT2D eigenvalue weighted by molar-refractivity contribution is -0.132. The fourth-order valence-electron chi connectivity index (χ4n) is 1.59. The summed E-state index contributed by atoms with van der Waals surface area (Å²) in [5.41, 5.74) is 0. The van der Waals surface area contributed by atoms with E-state index in [1.807, 2.05) is 6.92 Å². The highest BCUT2D eigenvalue weighted by Gasteiger charge is 2.23. The van der Waals surface area contributed by atoms with Crippen molar-refractivity contribution in [3.8, 4) is 0 Å². The van der Waals surface area contributed by atoms with Gasteiger partial charge in [-0.05, 0) is 19.8 Å². The molecule has 0 bridgehead atoms. The summed E-state index contributed by atoms with van der Waals surface area (Å²) in [6.45, 7) is 5.72. The molecule has 1 saturated heterocycles. The molecule has 0 aromatic heterocycles. The molecule has 1 aliphatic rings. The third kappa shape index (κ3) is 4.18. The zero-order valence-corrected chi connectivity index (χ0v) is 9.61. The summed E-state index contributed by atoms with van der Waals surface area (Å²) in [6.07, 6.45) is 2.00. The van der Waals surface area contributed by atoms with Crippen LogP contribution in [0.5, 0.6) is 0 Å². The summed E-state index contributed by atoms with van der Waals surface area (Å²) < 4.78 is 5.44. The van der Waals surface area contributed by atoms with Crippen LogP contribution < -0.4 is 0 Å². The SMILES string of the molecule is CCC(C)OCCC(=O)N1CC[C@H](O)C1. The fourth-order valence-corrected chi connectivity index (χ4v) is 1.59. The third-order valence-corrected chi connectivity index (χ3v) is 2.81. The predicted octanol–water partition coefficient (Wildman–Crippen LogP) is 0.785. The Balaban J connectivity index is 2.13. The molecule has 0 aromatic carbocycles. The standard InChI is InChI=1S/C11H21NO3/c1-3-9(2)15-7-5-11(14)12-6-4-10(13)8-12/h9-10,13H,3-8H2,1-2H3/t9?,10-/m0/s1. The number of aliphatic hydroxyl groups is 1. The van der Waals surface area contributed by atoms with Crippen molar-refractivity contribution in [2.75, 3.05) is 19.7 Å². The summed E-state index contributed by atoms with van der Waals surface area (Å²) in [6, 6.07) is 0. The number of hydrogen-bond donors (Lipinski definition) is 1. The molecule has 1 amide bonds. The second kappa shape index (κ2) is 6.08. The number of carbonyl (C=O) groups excluding carboxylic acids is 1. The number of aliphatic hydroxyl groups excluding tert-OH is 1. The number of rotatable bonds is 5. The van der Waals surface area contributed by atoms with Gasteiger partial charge in [0.05, 0.1) is 25.2 Å². The predicted molar refractivity (Wildman–Crippen MR) is 57.5 cm³/mol. The van der Waals surface area contributed by atoms with Gasteiger partial charge in [0.15, 0.2) is 0 Å². The molecule has 4 nitrogen and oxygen atoms in total. The Morgan fingerprint density at radius 1 is 1.67 bits per heavy atom. The summed E-state index contributed by atoms with van der Waals surface area (Å²) in [7, 11) is 0. The number of amides is 1. The molecule has 0 spiro atoms. The molecule has 1 unspecified atom stereocenters. The highest BCUT2D eigenvalue weighted by atomic mass is 16.5. The fraction of sp³-hybridized carbons (Fsp3) is 0.909. The van der Waals surface area contributed by atoms with Gasteiger partial charge in [-0.25, -0.2) is 0 Å². The lowest BCUT2D eigenvalue weighted by atomic mass is 10.3. The normalized spacial score (nSPS) is 23.1. The van der Waals surface area contributed by atoms with Gasteiger partial charge in [-0.3, -0.25) is 4.79 Å². The number of likely N-dealkylation sites (tertiary alicyclic amines) is 1. The number of carbonyl (C=O) groups is 1. The summed E-state index contributed by atoms with van der Waals surface area (Å²) in [5.74, 6) is 0.0925. The molecule has 88 valence electrons. The van der Waals surface area contributed by atoms with Crippen molar-refractivity contribution < 1.29 is 14.6 Å². The average Bonchev–Trinajstić information content (AvgIpc) is 2.64. The molecule has 0 saturated carbocycles. The molecular weight excluding hydrogens is 194 g/mol. The molecule has 4 heteroatoms. The molecular formula is C11H21NO3. The minimum absolute atomic E-state index is 0.0925. The molecule has 1 rings (SSSR count). The van der Waals surface area contributed by atoms with Crippen LogP contribution in [-0.4, -0.2) is 47.8 Å². The van der Waals surface area contributed by atoms with E-state index in [1.165, 1.54) is 0 Å². The molecule has 15 heavy (non-hydrogen) atoms. The molecule has 1 N–H and O–H groups in total. The van der Waals surface area contributed by atoms with Gasteiger partial charge in [-0.2, -0.15) is 0 Å². The second-order valence-electron chi connectivity index (χ2n) is 4.12. The molecule has 1 fully saturated rings. The topological polar surface area (TPSA) is 49.8 Å². The first-order valence-corrected chi connectivity index (χ1v) is 5.71. The Morgan fingerprint density at radius 2 is 2.40 bits per heavy atom. The maximum atomic E-state index is 11.6. The molecule has 1 aliphatic heterocycles. The van der Waals surface area contributed by atoms with Gasteiger partial charge < -0.3 is 14.7 Å². The number of nitrogens with zero attached hydrogens (tertiary/aromatic N) is 1. The zero-order chi connectivity index (χ0) is 11.3. The van der Waals surface area contributed by atoms with Crippen molar-refractivity contribution in [2.45, 2.75) is 45.3 Å². The van der Waals surface area contributed by atoms with Gasteiger partial charge in [0.1, 0.15) is 0 Å². The molecule has 0 aliphatic carbocycles. The van der Waals surface area contributed by atoms with Crippen LogP contribution in [0.25, 0.3) is 0 Å². The van der Waals surface area contributed by atoms with Crippen LogP contribution in [0, 0.1) is 0 Å². The van der Waals surface area contributed by atoms with Crippen molar-refractivity contribution in [1.82, 2.24) is 4.90 Å². The largest absolute Gasteiger partial charge is 0.391 e. The van der Waals surface area contributed by atoms with E-state index < -0.39 is 0 Å². The monoisotopic (exact) mass is 215 g/mol. The van der Waals surface area contributed by atoms with E-state index in [0.29, 0.717) is 32.5 Å². The van der Waals surface area contributed by atoms with Crippen molar-refractivity contribution in [2.24, 2.45) is 0 Å². The number of ether oxygens (including phenoxy) is 1. The van der Waals surface area contributed by atoms with E-state index in [1.54, 1.807) is 4.90 Å². The van der Waals surface area contributed by atoms with Crippen molar-refractivity contribution in [1.29, 1.82) is 0 Å². The summed E-state index contributed by atoms with van der Waals surface area (Å²) in [5, 5.41) is 9.28. The van der Waals surface area contributed by atoms with Crippen LogP contribution in [0.4, 0.5) is 0 Å². The summed E-state index contributed by atoms with van der Waals surface area (Å²) >= 11 is 0. The Morgan fingerprint density at radius 3 is 2.93 bits per heavy atom. The third-order valence-electron chi connectivity index (χ3n) is 2.81. The lowest BCUT2D eigenvalue weighted by Crippen LogP contribution is -2.30. The second-order valence-corrected chi connectivity index (χ2v) is 4.12. The van der Waals surface area contributed by atoms with Gasteiger partial charge in [0.2, 0.25) is 5.91 Å². The Bertz CT molecular complexity index is 208. The smallest absolute Gasteiger partial charge is 0.224 e. The van der Waals surface area contributed by atoms with Crippen molar-refractivity contribution in [3.63, 3.8) is 0 Å². The first-order chi connectivity index (χ1) is 7.13. The van der Waals surface area contributed by atoms with Gasteiger partial charge >= 0.3 is 0 Å². The van der Waals surface area contributed by atoms with E-state index in [0.717, 1.165) is 6.42 Å². The maximum Gasteiger partial charge on any atom is 0.224 e. The highest BCUT2D eigenvalue weighted by molar-refractivity contribution is 5.76. The van der Waals surface area contributed by atoms with Crippen LogP contribution in [-0.2, 0) is 9.53 Å². The van der Waals surface area contributed by atoms with E-state index in [2.05, 4.69) is 6.92 Å². The van der Waals surface area contributed by atoms with E-state index in [9.17, 15) is 9.90 Å². The van der Waals surface area contributed by atoms with Crippen LogP contribution in [0.3, 0.4) is 0 Å². The maximum absolute atomic E-state index is 11.6. The van der Waals surface area contributed by atoms with Gasteiger partial charge in [-0.15, -0.1) is 0 Å². The Hall–Kier alpha value is -0.610. The molecule has 0 aromatic rings. The van der Waals surface area contributed by atoms with Crippen LogP contribution in [0.1, 0.15) is 33.1 Å². The average molecular weight is 215 g/mol. The van der Waals surface area contributed by atoms with Crippen LogP contribution in [0.15, 0.2) is 0 Å². The quantitative estimate of drug-likeness (QED) is 0.737. The Kier molecular flexibility index (Phi) is 5.05. The van der Waals surface area contributed by atoms with Crippen LogP contribution >= 0.6 is 0 Å². The minimum Gasteiger partial charge on any atom is -0.391 e. The molecule has 0 radical (unpaired) electrons. The molecule has 1 heterocycles. The Labute approximate surface area is 91.2 Å². The minimum atomic E-state index is -0.329. The van der Waals surface area contributed by atoms with E-state index in [-0.39, 0.29) is 18.1 Å². The molecule has 2 atom stereocenters. The van der Waals surface area contributed by atoms with E-state index in [4.69, 9.17) is 4.74 Å². The lowest BCUT2D eigenvalue weighted by Gasteiger charge is -2.16.